The van der Waals surface area contributed by atoms with Gasteiger partial charge >= 0.3 is 5.97 Å². The molecular weight excluding hydrogens is 214 g/mol. The summed E-state index contributed by atoms with van der Waals surface area (Å²) in [5.41, 5.74) is 1.15. The quantitative estimate of drug-likeness (QED) is 0.734. The van der Waals surface area contributed by atoms with Crippen LogP contribution in [0, 0.1) is 5.92 Å². The molecule has 17 heavy (non-hydrogen) atoms. The van der Waals surface area contributed by atoms with E-state index in [-0.39, 0.29) is 17.9 Å². The average molecular weight is 235 g/mol. The lowest BCUT2D eigenvalue weighted by atomic mass is 9.90. The van der Waals surface area contributed by atoms with Gasteiger partial charge in [0, 0.05) is 6.04 Å². The molecular formula is C14H21NO2. The van der Waals surface area contributed by atoms with Crippen molar-refractivity contribution in [3.05, 3.63) is 35.9 Å². The molecule has 0 spiro atoms. The molecule has 0 amide bonds. The number of hydrogen-bond acceptors (Lipinski definition) is 3. The van der Waals surface area contributed by atoms with E-state index >= 15 is 0 Å². The van der Waals surface area contributed by atoms with Crippen LogP contribution in [0.5, 0.6) is 0 Å². The summed E-state index contributed by atoms with van der Waals surface area (Å²) in [7, 11) is 5.43. The topological polar surface area (TPSA) is 29.5 Å². The fourth-order valence-corrected chi connectivity index (χ4v) is 2.21. The molecule has 0 aliphatic heterocycles. The summed E-state index contributed by atoms with van der Waals surface area (Å²) in [6.45, 7) is 2.01. The lowest BCUT2D eigenvalue weighted by Crippen LogP contribution is -2.32. The minimum atomic E-state index is -0.143. The number of carbonyl (C=O) groups is 1. The molecule has 0 radical (unpaired) electrons. The maximum absolute atomic E-state index is 11.8. The summed E-state index contributed by atoms with van der Waals surface area (Å²) >= 11 is 0. The molecule has 2 unspecified atom stereocenters. The third kappa shape index (κ3) is 3.30. The summed E-state index contributed by atoms with van der Waals surface area (Å²) in [6, 6.07) is 10.1. The van der Waals surface area contributed by atoms with Crippen molar-refractivity contribution in [1.29, 1.82) is 0 Å². The Morgan fingerprint density at radius 1 is 1.29 bits per heavy atom. The van der Waals surface area contributed by atoms with Gasteiger partial charge < -0.3 is 9.64 Å². The van der Waals surface area contributed by atoms with Gasteiger partial charge in [-0.2, -0.15) is 0 Å². The normalized spacial score (nSPS) is 14.4. The number of nitrogens with zero attached hydrogens (tertiary/aromatic N) is 1. The molecule has 1 aromatic carbocycles. The van der Waals surface area contributed by atoms with E-state index in [4.69, 9.17) is 4.74 Å². The minimum Gasteiger partial charge on any atom is -0.469 e. The first-order chi connectivity index (χ1) is 8.11. The van der Waals surface area contributed by atoms with Crippen molar-refractivity contribution in [3.63, 3.8) is 0 Å². The van der Waals surface area contributed by atoms with Crippen LogP contribution in [0.2, 0.25) is 0 Å². The van der Waals surface area contributed by atoms with Crippen LogP contribution in [-0.2, 0) is 9.53 Å². The largest absolute Gasteiger partial charge is 0.469 e. The fraction of sp³-hybridized carbons (Fsp3) is 0.500. The Kier molecular flexibility index (Phi) is 5.16. The number of ether oxygens (including phenoxy) is 1. The molecule has 94 valence electrons. The zero-order chi connectivity index (χ0) is 12.8. The van der Waals surface area contributed by atoms with Gasteiger partial charge in [-0.3, -0.25) is 4.79 Å². The van der Waals surface area contributed by atoms with Crippen LogP contribution in [0.15, 0.2) is 30.3 Å². The summed E-state index contributed by atoms with van der Waals surface area (Å²) in [5, 5.41) is 0. The van der Waals surface area contributed by atoms with Crippen molar-refractivity contribution >= 4 is 5.97 Å². The summed E-state index contributed by atoms with van der Waals surface area (Å²) < 4.78 is 4.89. The van der Waals surface area contributed by atoms with Gasteiger partial charge in [0.05, 0.1) is 13.0 Å². The van der Waals surface area contributed by atoms with Crippen molar-refractivity contribution in [2.45, 2.75) is 19.4 Å². The van der Waals surface area contributed by atoms with Gasteiger partial charge in [0.2, 0.25) is 0 Å². The SMILES string of the molecule is CCC(C(=O)OC)C(c1ccccc1)N(C)C. The highest BCUT2D eigenvalue weighted by atomic mass is 16.5. The second-order valence-electron chi connectivity index (χ2n) is 4.36. The van der Waals surface area contributed by atoms with Crippen molar-refractivity contribution in [3.8, 4) is 0 Å². The Labute approximate surface area is 103 Å². The third-order valence-electron chi connectivity index (χ3n) is 3.02. The van der Waals surface area contributed by atoms with Crippen LogP contribution in [0.1, 0.15) is 24.9 Å². The molecule has 0 N–H and O–H groups in total. The zero-order valence-corrected chi connectivity index (χ0v) is 11.0. The first-order valence-electron chi connectivity index (χ1n) is 5.91. The Morgan fingerprint density at radius 2 is 1.88 bits per heavy atom. The Balaban J connectivity index is 3.04. The smallest absolute Gasteiger partial charge is 0.310 e. The number of methoxy groups -OCH3 is 1. The number of benzene rings is 1. The molecule has 3 nitrogen and oxygen atoms in total. The van der Waals surface area contributed by atoms with E-state index in [0.717, 1.165) is 12.0 Å². The maximum Gasteiger partial charge on any atom is 0.310 e. The van der Waals surface area contributed by atoms with E-state index in [1.807, 2.05) is 39.2 Å². The number of esters is 1. The predicted octanol–water partition coefficient (Wildman–Crippen LogP) is 2.49. The number of rotatable bonds is 5. The van der Waals surface area contributed by atoms with Crippen LogP contribution in [0.3, 0.4) is 0 Å². The molecule has 1 aromatic rings. The molecule has 0 saturated heterocycles. The van der Waals surface area contributed by atoms with Gasteiger partial charge in [0.25, 0.3) is 0 Å². The van der Waals surface area contributed by atoms with Gasteiger partial charge in [-0.25, -0.2) is 0 Å². The van der Waals surface area contributed by atoms with Crippen LogP contribution >= 0.6 is 0 Å². The van der Waals surface area contributed by atoms with Crippen LogP contribution in [0.25, 0.3) is 0 Å². The summed E-state index contributed by atoms with van der Waals surface area (Å²) in [4.78, 5) is 13.9. The monoisotopic (exact) mass is 235 g/mol. The second kappa shape index (κ2) is 6.40. The number of hydrogen-bond donors (Lipinski definition) is 0. The fourth-order valence-electron chi connectivity index (χ4n) is 2.21. The first kappa shape index (κ1) is 13.7. The molecule has 1 rings (SSSR count). The van der Waals surface area contributed by atoms with Gasteiger partial charge in [0.15, 0.2) is 0 Å². The summed E-state index contributed by atoms with van der Waals surface area (Å²) in [5.74, 6) is -0.271. The highest BCUT2D eigenvalue weighted by Crippen LogP contribution is 2.29. The lowest BCUT2D eigenvalue weighted by Gasteiger charge is -2.30. The van der Waals surface area contributed by atoms with Gasteiger partial charge in [-0.05, 0) is 26.1 Å². The third-order valence-corrected chi connectivity index (χ3v) is 3.02. The molecule has 0 bridgehead atoms. The second-order valence-corrected chi connectivity index (χ2v) is 4.36. The van der Waals surface area contributed by atoms with Crippen LogP contribution in [0.4, 0.5) is 0 Å². The average Bonchev–Trinajstić information content (AvgIpc) is 2.35. The molecule has 0 saturated carbocycles. The van der Waals surface area contributed by atoms with Gasteiger partial charge in [-0.1, -0.05) is 37.3 Å². The van der Waals surface area contributed by atoms with Crippen molar-refractivity contribution < 1.29 is 9.53 Å². The molecule has 0 aliphatic rings. The highest BCUT2D eigenvalue weighted by molar-refractivity contribution is 5.73. The van der Waals surface area contributed by atoms with Crippen molar-refractivity contribution in [2.75, 3.05) is 21.2 Å². The standard InChI is InChI=1S/C14H21NO2/c1-5-12(14(16)17-4)13(15(2)3)11-9-7-6-8-10-11/h6-10,12-13H,5H2,1-4H3. The Hall–Kier alpha value is -1.35. The molecule has 3 heteroatoms. The van der Waals surface area contributed by atoms with Crippen LogP contribution < -0.4 is 0 Å². The summed E-state index contributed by atoms with van der Waals surface area (Å²) in [6.07, 6.45) is 0.768. The highest BCUT2D eigenvalue weighted by Gasteiger charge is 2.30. The number of carbonyl (C=O) groups excluding carboxylic acids is 1. The van der Waals surface area contributed by atoms with Crippen molar-refractivity contribution in [1.82, 2.24) is 4.90 Å². The lowest BCUT2D eigenvalue weighted by molar-refractivity contribution is -0.148. The first-order valence-corrected chi connectivity index (χ1v) is 5.91. The molecule has 0 fully saturated rings. The van der Waals surface area contributed by atoms with Crippen molar-refractivity contribution in [2.24, 2.45) is 5.92 Å². The van der Waals surface area contributed by atoms with E-state index in [1.165, 1.54) is 7.11 Å². The molecule has 0 aliphatic carbocycles. The Morgan fingerprint density at radius 3 is 2.29 bits per heavy atom. The van der Waals surface area contributed by atoms with Gasteiger partial charge in [0.1, 0.15) is 0 Å². The van der Waals surface area contributed by atoms with E-state index < -0.39 is 0 Å². The minimum absolute atomic E-state index is 0.0636. The maximum atomic E-state index is 11.8. The Bertz CT molecular complexity index is 348. The predicted molar refractivity (Wildman–Crippen MR) is 68.7 cm³/mol. The molecule has 0 aromatic heterocycles. The van der Waals surface area contributed by atoms with E-state index in [9.17, 15) is 4.79 Å². The molecule has 0 heterocycles. The van der Waals surface area contributed by atoms with E-state index in [2.05, 4.69) is 17.0 Å². The molecule has 2 atom stereocenters. The van der Waals surface area contributed by atoms with Gasteiger partial charge in [-0.15, -0.1) is 0 Å². The van der Waals surface area contributed by atoms with Crippen LogP contribution in [-0.4, -0.2) is 32.1 Å². The zero-order valence-electron chi connectivity index (χ0n) is 11.0. The van der Waals surface area contributed by atoms with E-state index in [1.54, 1.807) is 0 Å². The van der Waals surface area contributed by atoms with E-state index in [0.29, 0.717) is 0 Å².